The van der Waals surface area contributed by atoms with E-state index >= 15 is 0 Å². The van der Waals surface area contributed by atoms with Crippen LogP contribution in [0.1, 0.15) is 64.7 Å². The van der Waals surface area contributed by atoms with E-state index in [1.165, 1.54) is 12.1 Å². The highest BCUT2D eigenvalue weighted by atomic mass is 35.5. The Morgan fingerprint density at radius 2 is 1.74 bits per heavy atom. The van der Waals surface area contributed by atoms with Crippen molar-refractivity contribution in [2.24, 2.45) is 0 Å². The average Bonchev–Trinajstić information content (AvgIpc) is 2.89. The van der Waals surface area contributed by atoms with E-state index in [2.05, 4.69) is 5.32 Å². The van der Waals surface area contributed by atoms with Crippen LogP contribution in [-0.2, 0) is 11.2 Å². The van der Waals surface area contributed by atoms with Crippen molar-refractivity contribution in [2.45, 2.75) is 56.2 Å². The van der Waals surface area contributed by atoms with Crippen molar-refractivity contribution >= 4 is 35.0 Å². The molecule has 2 amide bonds. The Kier molecular flexibility index (Phi) is 8.03. The van der Waals surface area contributed by atoms with Gasteiger partial charge in [-0.05, 0) is 79.1 Å². The first-order valence-electron chi connectivity index (χ1n) is 12.9. The van der Waals surface area contributed by atoms with Gasteiger partial charge in [0.15, 0.2) is 0 Å². The SMILES string of the molecule is O=C(NCCc1cccc(F)c1)[C@@H]1c2ccccc2C(=O)N(C2CCC(O)CC2)[C@H]1c1ccc(Cl)cc1Cl. The van der Waals surface area contributed by atoms with Gasteiger partial charge in [-0.15, -0.1) is 0 Å². The predicted molar refractivity (Wildman–Crippen MR) is 146 cm³/mol. The maximum atomic E-state index is 14.0. The van der Waals surface area contributed by atoms with E-state index in [4.69, 9.17) is 23.2 Å². The van der Waals surface area contributed by atoms with Crippen LogP contribution >= 0.6 is 23.2 Å². The number of nitrogens with zero attached hydrogens (tertiary/aromatic N) is 1. The molecule has 5 nitrogen and oxygen atoms in total. The molecule has 3 aromatic carbocycles. The van der Waals surface area contributed by atoms with Crippen LogP contribution in [0.3, 0.4) is 0 Å². The molecule has 8 heteroatoms. The standard InChI is InChI=1S/C30H29Cl2FN2O3/c31-19-8-13-25(26(32)17-19)28-27(29(37)34-15-14-18-4-3-5-20(33)16-18)23-6-1-2-7-24(23)30(38)35(28)21-9-11-22(36)12-10-21/h1-8,13,16-17,21-22,27-28,36H,9-12,14-15H2,(H,34,37)/t21?,22?,27-,28+/m1/s1. The largest absolute Gasteiger partial charge is 0.393 e. The Hall–Kier alpha value is -2.93. The molecule has 2 atom stereocenters. The van der Waals surface area contributed by atoms with Crippen LogP contribution in [0.4, 0.5) is 4.39 Å². The number of rotatable bonds is 6. The number of hydrogen-bond acceptors (Lipinski definition) is 3. The molecule has 1 aliphatic heterocycles. The van der Waals surface area contributed by atoms with Gasteiger partial charge in [0.1, 0.15) is 5.82 Å². The van der Waals surface area contributed by atoms with Gasteiger partial charge in [-0.2, -0.15) is 0 Å². The molecule has 1 fully saturated rings. The topological polar surface area (TPSA) is 69.6 Å². The molecule has 2 N–H and O–H groups in total. The number of benzene rings is 3. The maximum Gasteiger partial charge on any atom is 0.254 e. The zero-order valence-corrected chi connectivity index (χ0v) is 22.3. The van der Waals surface area contributed by atoms with Crippen molar-refractivity contribution in [2.75, 3.05) is 6.54 Å². The van der Waals surface area contributed by atoms with Gasteiger partial charge in [0.2, 0.25) is 5.91 Å². The third kappa shape index (κ3) is 5.44. The summed E-state index contributed by atoms with van der Waals surface area (Å²) >= 11 is 12.9. The van der Waals surface area contributed by atoms with E-state index in [1.807, 2.05) is 18.2 Å². The zero-order chi connectivity index (χ0) is 26.8. The number of amides is 2. The Labute approximate surface area is 231 Å². The summed E-state index contributed by atoms with van der Waals surface area (Å²) < 4.78 is 13.6. The number of carbonyl (C=O) groups is 2. The molecule has 1 saturated carbocycles. The lowest BCUT2D eigenvalue weighted by Gasteiger charge is -2.47. The van der Waals surface area contributed by atoms with Crippen molar-refractivity contribution in [3.8, 4) is 0 Å². The molecule has 0 radical (unpaired) electrons. The molecular formula is C30H29Cl2FN2O3. The highest BCUT2D eigenvalue weighted by Crippen LogP contribution is 2.47. The fourth-order valence-electron chi connectivity index (χ4n) is 5.78. The Balaban J connectivity index is 1.54. The third-order valence-corrected chi connectivity index (χ3v) is 8.16. The van der Waals surface area contributed by atoms with E-state index in [1.54, 1.807) is 41.3 Å². The summed E-state index contributed by atoms with van der Waals surface area (Å²) in [6.45, 7) is 0.311. The Morgan fingerprint density at radius 1 is 0.974 bits per heavy atom. The minimum atomic E-state index is -0.720. The zero-order valence-electron chi connectivity index (χ0n) is 20.7. The quantitative estimate of drug-likeness (QED) is 0.388. The lowest BCUT2D eigenvalue weighted by atomic mass is 9.77. The lowest BCUT2D eigenvalue weighted by Crippen LogP contribution is -2.52. The summed E-state index contributed by atoms with van der Waals surface area (Å²) in [4.78, 5) is 29.7. The van der Waals surface area contributed by atoms with Gasteiger partial charge in [0.05, 0.1) is 18.1 Å². The second kappa shape index (κ2) is 11.4. The van der Waals surface area contributed by atoms with Gasteiger partial charge < -0.3 is 15.3 Å². The highest BCUT2D eigenvalue weighted by molar-refractivity contribution is 6.35. The minimum absolute atomic E-state index is 0.151. The van der Waals surface area contributed by atoms with E-state index in [0.717, 1.165) is 5.56 Å². The number of fused-ring (bicyclic) bond motifs is 1. The van der Waals surface area contributed by atoms with Gasteiger partial charge in [0, 0.05) is 28.2 Å². The van der Waals surface area contributed by atoms with Gasteiger partial charge in [0.25, 0.3) is 5.91 Å². The third-order valence-electron chi connectivity index (χ3n) is 7.60. The molecule has 2 aliphatic rings. The highest BCUT2D eigenvalue weighted by Gasteiger charge is 2.47. The van der Waals surface area contributed by atoms with Crippen molar-refractivity contribution < 1.29 is 19.1 Å². The number of aliphatic hydroxyl groups excluding tert-OH is 1. The minimum Gasteiger partial charge on any atom is -0.393 e. The monoisotopic (exact) mass is 554 g/mol. The first-order valence-corrected chi connectivity index (χ1v) is 13.7. The summed E-state index contributed by atoms with van der Waals surface area (Å²) in [5, 5.41) is 14.0. The summed E-state index contributed by atoms with van der Waals surface area (Å²) in [6, 6.07) is 17.8. The molecule has 1 heterocycles. The molecular weight excluding hydrogens is 526 g/mol. The number of halogens is 3. The molecule has 3 aromatic rings. The van der Waals surface area contributed by atoms with Crippen LogP contribution in [0, 0.1) is 5.82 Å². The second-order valence-electron chi connectivity index (χ2n) is 10.0. The van der Waals surface area contributed by atoms with Crippen LogP contribution in [0.15, 0.2) is 66.7 Å². The fourth-order valence-corrected chi connectivity index (χ4v) is 6.30. The molecule has 0 spiro atoms. The van der Waals surface area contributed by atoms with Gasteiger partial charge in [-0.1, -0.05) is 59.6 Å². The van der Waals surface area contributed by atoms with Crippen LogP contribution < -0.4 is 5.32 Å². The first-order chi connectivity index (χ1) is 18.3. The number of hydrogen-bond donors (Lipinski definition) is 2. The summed E-state index contributed by atoms with van der Waals surface area (Å²) in [7, 11) is 0. The van der Waals surface area contributed by atoms with E-state index in [0.29, 0.717) is 65.4 Å². The molecule has 0 aromatic heterocycles. The van der Waals surface area contributed by atoms with Gasteiger partial charge in [-0.25, -0.2) is 4.39 Å². The van der Waals surface area contributed by atoms with E-state index in [9.17, 15) is 19.1 Å². The predicted octanol–water partition coefficient (Wildman–Crippen LogP) is 6.08. The molecule has 5 rings (SSSR count). The normalized spacial score (nSPS) is 23.2. The van der Waals surface area contributed by atoms with Gasteiger partial charge >= 0.3 is 0 Å². The Morgan fingerprint density at radius 3 is 2.47 bits per heavy atom. The molecule has 38 heavy (non-hydrogen) atoms. The van der Waals surface area contributed by atoms with E-state index < -0.39 is 18.1 Å². The molecule has 0 unspecified atom stereocenters. The molecule has 1 aliphatic carbocycles. The second-order valence-corrected chi connectivity index (χ2v) is 10.9. The molecule has 0 saturated heterocycles. The number of aliphatic hydroxyl groups is 1. The smallest absolute Gasteiger partial charge is 0.254 e. The van der Waals surface area contributed by atoms with E-state index in [-0.39, 0.29) is 23.7 Å². The number of nitrogens with one attached hydrogen (secondary N) is 1. The average molecular weight is 555 g/mol. The Bertz CT molecular complexity index is 1340. The first kappa shape index (κ1) is 26.7. The van der Waals surface area contributed by atoms with Crippen molar-refractivity contribution in [3.05, 3.63) is 105 Å². The van der Waals surface area contributed by atoms with Crippen LogP contribution in [0.25, 0.3) is 0 Å². The molecule has 198 valence electrons. The number of carbonyl (C=O) groups excluding carboxylic acids is 2. The fraction of sp³-hybridized carbons (Fsp3) is 0.333. The van der Waals surface area contributed by atoms with Crippen molar-refractivity contribution in [3.63, 3.8) is 0 Å². The lowest BCUT2D eigenvalue weighted by molar-refractivity contribution is -0.124. The summed E-state index contributed by atoms with van der Waals surface area (Å²) in [6.07, 6.45) is 2.50. The van der Waals surface area contributed by atoms with Crippen LogP contribution in [0.5, 0.6) is 0 Å². The van der Waals surface area contributed by atoms with Crippen molar-refractivity contribution in [1.29, 1.82) is 0 Å². The van der Waals surface area contributed by atoms with Crippen LogP contribution in [-0.4, -0.2) is 40.5 Å². The maximum absolute atomic E-state index is 14.0. The van der Waals surface area contributed by atoms with Crippen molar-refractivity contribution in [1.82, 2.24) is 10.2 Å². The summed E-state index contributed by atoms with van der Waals surface area (Å²) in [5.74, 6) is -1.43. The van der Waals surface area contributed by atoms with Gasteiger partial charge in [-0.3, -0.25) is 9.59 Å². The summed E-state index contributed by atoms with van der Waals surface area (Å²) in [5.41, 5.74) is 2.56. The molecule has 0 bridgehead atoms. The van der Waals surface area contributed by atoms with Crippen LogP contribution in [0.2, 0.25) is 10.0 Å².